The van der Waals surface area contributed by atoms with Crippen LogP contribution < -0.4 is 0 Å². The van der Waals surface area contributed by atoms with Gasteiger partial charge in [0.15, 0.2) is 5.84 Å². The van der Waals surface area contributed by atoms with Crippen LogP contribution in [0.2, 0.25) is 10.0 Å². The summed E-state index contributed by atoms with van der Waals surface area (Å²) >= 11 is 14.0. The minimum atomic E-state index is -0.427. The van der Waals surface area contributed by atoms with Crippen molar-refractivity contribution < 1.29 is 4.79 Å². The topological polar surface area (TPSA) is 73.8 Å². The van der Waals surface area contributed by atoms with Gasteiger partial charge in [-0.05, 0) is 74.4 Å². The molecule has 166 valence electrons. The molecular formula is C23H23Cl2N5OS. The van der Waals surface area contributed by atoms with Gasteiger partial charge in [-0.2, -0.15) is 15.1 Å². The zero-order valence-corrected chi connectivity index (χ0v) is 20.4. The van der Waals surface area contributed by atoms with Gasteiger partial charge in [-0.3, -0.25) is 10.2 Å². The number of rotatable bonds is 6. The van der Waals surface area contributed by atoms with Crippen molar-refractivity contribution in [2.75, 3.05) is 0 Å². The molecule has 0 bridgehead atoms. The van der Waals surface area contributed by atoms with Crippen molar-refractivity contribution in [3.63, 3.8) is 0 Å². The van der Waals surface area contributed by atoms with E-state index in [1.165, 1.54) is 16.8 Å². The van der Waals surface area contributed by atoms with Crippen molar-refractivity contribution in [3.8, 4) is 5.69 Å². The Hall–Kier alpha value is -2.35. The summed E-state index contributed by atoms with van der Waals surface area (Å²) in [6.07, 6.45) is 5.82. The van der Waals surface area contributed by atoms with Crippen LogP contribution in [-0.2, 0) is 4.79 Å². The summed E-state index contributed by atoms with van der Waals surface area (Å²) in [5.74, 6) is -0.382. The molecule has 0 aliphatic carbocycles. The lowest BCUT2D eigenvalue weighted by atomic mass is 10.1. The minimum absolute atomic E-state index is 0.0450. The van der Waals surface area contributed by atoms with E-state index in [4.69, 9.17) is 28.6 Å². The first kappa shape index (κ1) is 22.8. The van der Waals surface area contributed by atoms with Crippen LogP contribution in [-0.4, -0.2) is 31.5 Å². The maximum Gasteiger partial charge on any atom is 0.283 e. The van der Waals surface area contributed by atoms with Crippen molar-refractivity contribution in [2.24, 2.45) is 10.1 Å². The van der Waals surface area contributed by atoms with Gasteiger partial charge < -0.3 is 4.57 Å². The van der Waals surface area contributed by atoms with Crippen molar-refractivity contribution in [2.45, 2.75) is 46.5 Å². The van der Waals surface area contributed by atoms with E-state index in [0.717, 1.165) is 53.4 Å². The molecule has 0 saturated carbocycles. The molecule has 9 heteroatoms. The lowest BCUT2D eigenvalue weighted by molar-refractivity contribution is -0.114. The number of aromatic nitrogens is 1. The zero-order chi connectivity index (χ0) is 23.0. The Bertz CT molecular complexity index is 1210. The Morgan fingerprint density at radius 1 is 1.19 bits per heavy atom. The van der Waals surface area contributed by atoms with Crippen molar-refractivity contribution in [1.82, 2.24) is 9.58 Å². The second-order valence-electron chi connectivity index (χ2n) is 7.73. The van der Waals surface area contributed by atoms with Gasteiger partial charge >= 0.3 is 0 Å². The van der Waals surface area contributed by atoms with Gasteiger partial charge in [0.05, 0.1) is 16.3 Å². The van der Waals surface area contributed by atoms with Crippen LogP contribution in [0.3, 0.4) is 0 Å². The summed E-state index contributed by atoms with van der Waals surface area (Å²) in [7, 11) is 0. The third-order valence-corrected chi connectivity index (χ3v) is 6.93. The third kappa shape index (κ3) is 4.29. The number of nitrogens with zero attached hydrogens (tertiary/aromatic N) is 4. The quantitative estimate of drug-likeness (QED) is 0.368. The van der Waals surface area contributed by atoms with Crippen LogP contribution in [0.25, 0.3) is 11.8 Å². The van der Waals surface area contributed by atoms with Gasteiger partial charge in [0.2, 0.25) is 5.17 Å². The molecule has 2 aromatic rings. The second-order valence-corrected chi connectivity index (χ2v) is 9.61. The number of aryl methyl sites for hydroxylation is 1. The van der Waals surface area contributed by atoms with E-state index in [2.05, 4.69) is 17.0 Å². The summed E-state index contributed by atoms with van der Waals surface area (Å²) in [6.45, 7) is 6.05. The number of amides is 1. The highest BCUT2D eigenvalue weighted by Gasteiger charge is 2.35. The lowest BCUT2D eigenvalue weighted by Crippen LogP contribution is -2.35. The first-order valence-corrected chi connectivity index (χ1v) is 12.0. The van der Waals surface area contributed by atoms with E-state index in [0.29, 0.717) is 15.2 Å². The third-order valence-electron chi connectivity index (χ3n) is 5.41. The van der Waals surface area contributed by atoms with Crippen LogP contribution in [0.4, 0.5) is 0 Å². The van der Waals surface area contributed by atoms with Crippen molar-refractivity contribution >= 4 is 63.0 Å². The molecule has 1 N–H and O–H groups in total. The normalized spacial score (nSPS) is 17.2. The number of nitrogens with one attached hydrogen (secondary N) is 1. The first-order chi connectivity index (χ1) is 15.3. The summed E-state index contributed by atoms with van der Waals surface area (Å²) in [5.41, 5.74) is 3.61. The van der Waals surface area contributed by atoms with Crippen molar-refractivity contribution in [1.29, 1.82) is 5.41 Å². The number of halogens is 2. The molecule has 0 fully saturated rings. The van der Waals surface area contributed by atoms with Gasteiger partial charge in [0.25, 0.3) is 5.91 Å². The number of fused-ring (bicyclic) bond motifs is 1. The van der Waals surface area contributed by atoms with Gasteiger partial charge in [0, 0.05) is 16.4 Å². The highest BCUT2D eigenvalue weighted by molar-refractivity contribution is 8.26. The van der Waals surface area contributed by atoms with Crippen LogP contribution in [0.5, 0.6) is 0 Å². The van der Waals surface area contributed by atoms with E-state index in [1.807, 2.05) is 24.5 Å². The lowest BCUT2D eigenvalue weighted by Gasteiger charge is -2.20. The van der Waals surface area contributed by atoms with Crippen LogP contribution in [0.15, 0.2) is 39.9 Å². The fourth-order valence-corrected chi connectivity index (χ4v) is 5.07. The molecule has 32 heavy (non-hydrogen) atoms. The molecule has 2 aliphatic heterocycles. The Morgan fingerprint density at radius 2 is 1.97 bits per heavy atom. The number of hydrogen-bond acceptors (Lipinski definition) is 4. The van der Waals surface area contributed by atoms with Crippen LogP contribution in [0.1, 0.15) is 49.6 Å². The van der Waals surface area contributed by atoms with Gasteiger partial charge in [-0.15, -0.1) is 0 Å². The number of amidine groups is 2. The summed E-state index contributed by atoms with van der Waals surface area (Å²) < 4.78 is 1.99. The number of benzene rings is 1. The summed E-state index contributed by atoms with van der Waals surface area (Å²) in [5, 5.41) is 17.1. The maximum atomic E-state index is 12.8. The Labute approximate surface area is 201 Å². The average Bonchev–Trinajstić information content (AvgIpc) is 3.27. The van der Waals surface area contributed by atoms with Gasteiger partial charge in [0.1, 0.15) is 5.04 Å². The van der Waals surface area contributed by atoms with E-state index >= 15 is 0 Å². The van der Waals surface area contributed by atoms with Crippen LogP contribution in [0, 0.1) is 19.3 Å². The molecular weight excluding hydrogens is 465 g/mol. The Kier molecular flexibility index (Phi) is 6.60. The molecule has 0 unspecified atom stereocenters. The molecule has 0 saturated heterocycles. The Morgan fingerprint density at radius 3 is 2.72 bits per heavy atom. The fourth-order valence-electron chi connectivity index (χ4n) is 3.78. The minimum Gasteiger partial charge on any atom is -0.316 e. The van der Waals surface area contributed by atoms with E-state index in [1.54, 1.807) is 24.3 Å². The number of hydrogen-bond donors (Lipinski definition) is 1. The second kappa shape index (κ2) is 9.25. The molecule has 0 spiro atoms. The largest absolute Gasteiger partial charge is 0.316 e. The fraction of sp³-hybridized carbons (Fsp3) is 0.304. The molecule has 6 nitrogen and oxygen atoms in total. The van der Waals surface area contributed by atoms with E-state index in [9.17, 15) is 4.79 Å². The molecule has 1 aromatic heterocycles. The first-order valence-electron chi connectivity index (χ1n) is 10.4. The smallest absolute Gasteiger partial charge is 0.283 e. The Balaban J connectivity index is 1.67. The molecule has 0 atom stereocenters. The maximum absolute atomic E-state index is 12.8. The number of hydrazone groups is 1. The highest BCUT2D eigenvalue weighted by Crippen LogP contribution is 2.32. The number of unbranched alkanes of at least 4 members (excludes halogenated alkanes) is 2. The highest BCUT2D eigenvalue weighted by atomic mass is 35.5. The predicted molar refractivity (Wildman–Crippen MR) is 134 cm³/mol. The van der Waals surface area contributed by atoms with Crippen molar-refractivity contribution in [3.05, 3.63) is 56.8 Å². The zero-order valence-electron chi connectivity index (χ0n) is 18.1. The summed E-state index contributed by atoms with van der Waals surface area (Å²) in [6, 6.07) is 7.26. The molecule has 2 aliphatic rings. The number of aliphatic imine (C=N–C) groups is 1. The average molecular weight is 488 g/mol. The molecule has 1 aromatic carbocycles. The van der Waals surface area contributed by atoms with Gasteiger partial charge in [-0.25, -0.2) is 0 Å². The van der Waals surface area contributed by atoms with Crippen LogP contribution >= 0.6 is 35.0 Å². The molecule has 4 rings (SSSR count). The predicted octanol–water partition coefficient (Wildman–Crippen LogP) is 6.60. The summed E-state index contributed by atoms with van der Waals surface area (Å²) in [4.78, 5) is 16.9. The van der Waals surface area contributed by atoms with E-state index < -0.39 is 5.91 Å². The monoisotopic (exact) mass is 487 g/mol. The standard InChI is InChI=1S/C23H23Cl2N5OS/c1-4-5-6-7-20-28-30-21(26)17(22(31)27-23(30)32-20)11-15-10-13(2)29(14(15)3)19-12-16(24)8-9-18(19)25/h8-12,26H,4-7H2,1-3H3. The number of thioether (sulfide) groups is 1. The molecule has 1 amide bonds. The van der Waals surface area contributed by atoms with Gasteiger partial charge in [-0.1, -0.05) is 43.0 Å². The number of carbonyl (C=O) groups is 1. The molecule has 0 radical (unpaired) electrons. The SMILES string of the molecule is CCCCCC1=NN2C(=N)C(=Cc3cc(C)n(-c4cc(Cl)ccc4Cl)c3C)C(=O)N=C2S1. The molecule has 3 heterocycles. The number of carbonyl (C=O) groups excluding carboxylic acids is 1. The van der Waals surface area contributed by atoms with E-state index in [-0.39, 0.29) is 11.4 Å².